The number of aromatic nitrogens is 4. The van der Waals surface area contributed by atoms with E-state index < -0.39 is 0 Å². The third-order valence-corrected chi connectivity index (χ3v) is 5.80. The molecule has 25 heavy (non-hydrogen) atoms. The van der Waals surface area contributed by atoms with E-state index in [1.54, 1.807) is 10.7 Å². The number of rotatable bonds is 4. The Morgan fingerprint density at radius 2 is 2.20 bits per heavy atom. The summed E-state index contributed by atoms with van der Waals surface area (Å²) < 4.78 is 1.66. The van der Waals surface area contributed by atoms with Gasteiger partial charge in [-0.3, -0.25) is 4.79 Å². The number of aryl methyl sites for hydroxylation is 1. The number of hydrogen-bond acceptors (Lipinski definition) is 6. The summed E-state index contributed by atoms with van der Waals surface area (Å²) in [6.45, 7) is 6.72. The monoisotopic (exact) mass is 357 g/mol. The van der Waals surface area contributed by atoms with Gasteiger partial charge in [0.05, 0.1) is 12.2 Å². The standard InChI is InChI=1S/C18H23N5OS/c1-12(2)18-19-5-3-16(20-18)22-8-13(9-22)10-23-17(24)7-14-11-25-6-4-15(14)21-23/h3,5,7,12-13H,4,6,8-11H2,1-2H3. The van der Waals surface area contributed by atoms with Crippen molar-refractivity contribution in [2.75, 3.05) is 23.7 Å². The molecular weight excluding hydrogens is 334 g/mol. The van der Waals surface area contributed by atoms with E-state index in [-0.39, 0.29) is 5.56 Å². The van der Waals surface area contributed by atoms with E-state index in [4.69, 9.17) is 0 Å². The van der Waals surface area contributed by atoms with Crippen LogP contribution in [-0.2, 0) is 18.7 Å². The number of anilines is 1. The molecule has 2 aromatic rings. The van der Waals surface area contributed by atoms with Crippen LogP contribution in [0, 0.1) is 5.92 Å². The Morgan fingerprint density at radius 3 is 3.00 bits per heavy atom. The molecule has 0 spiro atoms. The highest BCUT2D eigenvalue weighted by Crippen LogP contribution is 2.25. The molecule has 0 unspecified atom stereocenters. The largest absolute Gasteiger partial charge is 0.356 e. The molecule has 2 aromatic heterocycles. The van der Waals surface area contributed by atoms with Crippen molar-refractivity contribution >= 4 is 17.6 Å². The summed E-state index contributed by atoms with van der Waals surface area (Å²) in [6.07, 6.45) is 2.80. The van der Waals surface area contributed by atoms with Crippen molar-refractivity contribution in [3.05, 3.63) is 45.8 Å². The minimum atomic E-state index is 0.0313. The van der Waals surface area contributed by atoms with E-state index in [9.17, 15) is 4.79 Å². The van der Waals surface area contributed by atoms with Gasteiger partial charge in [0.1, 0.15) is 11.6 Å². The first-order valence-electron chi connectivity index (χ1n) is 8.85. The van der Waals surface area contributed by atoms with E-state index in [0.29, 0.717) is 18.4 Å². The second-order valence-corrected chi connectivity index (χ2v) is 8.24. The zero-order valence-corrected chi connectivity index (χ0v) is 15.5. The lowest BCUT2D eigenvalue weighted by Crippen LogP contribution is -2.50. The summed E-state index contributed by atoms with van der Waals surface area (Å²) in [7, 11) is 0. The Morgan fingerprint density at radius 1 is 1.36 bits per heavy atom. The van der Waals surface area contributed by atoms with Crippen LogP contribution in [0.3, 0.4) is 0 Å². The first-order valence-corrected chi connectivity index (χ1v) is 10.0. The van der Waals surface area contributed by atoms with Gasteiger partial charge >= 0.3 is 0 Å². The Hall–Kier alpha value is -1.89. The van der Waals surface area contributed by atoms with Crippen molar-refractivity contribution in [3.8, 4) is 0 Å². The van der Waals surface area contributed by atoms with Gasteiger partial charge in [-0.05, 0) is 17.4 Å². The smallest absolute Gasteiger partial charge is 0.267 e. The molecule has 1 fully saturated rings. The normalized spacial score (nSPS) is 17.5. The third kappa shape index (κ3) is 3.42. The molecule has 0 N–H and O–H groups in total. The highest BCUT2D eigenvalue weighted by atomic mass is 32.2. The van der Waals surface area contributed by atoms with Crippen LogP contribution in [0.2, 0.25) is 0 Å². The number of hydrogen-bond donors (Lipinski definition) is 0. The molecule has 0 saturated carbocycles. The van der Waals surface area contributed by atoms with Gasteiger partial charge in [0.2, 0.25) is 0 Å². The van der Waals surface area contributed by atoms with E-state index in [1.165, 1.54) is 0 Å². The van der Waals surface area contributed by atoms with Gasteiger partial charge in [-0.15, -0.1) is 0 Å². The molecule has 0 aromatic carbocycles. The maximum atomic E-state index is 12.3. The second-order valence-electron chi connectivity index (χ2n) is 7.14. The van der Waals surface area contributed by atoms with Gasteiger partial charge in [0.15, 0.2) is 0 Å². The maximum absolute atomic E-state index is 12.3. The predicted molar refractivity (Wildman–Crippen MR) is 100 cm³/mol. The first-order chi connectivity index (χ1) is 12.1. The number of nitrogens with zero attached hydrogens (tertiary/aromatic N) is 5. The number of fused-ring (bicyclic) bond motifs is 1. The lowest BCUT2D eigenvalue weighted by Gasteiger charge is -2.40. The van der Waals surface area contributed by atoms with Crippen molar-refractivity contribution in [3.63, 3.8) is 0 Å². The van der Waals surface area contributed by atoms with Crippen LogP contribution >= 0.6 is 11.8 Å². The molecule has 6 nitrogen and oxygen atoms in total. The van der Waals surface area contributed by atoms with Crippen molar-refractivity contribution < 1.29 is 0 Å². The molecule has 7 heteroatoms. The maximum Gasteiger partial charge on any atom is 0.267 e. The minimum absolute atomic E-state index is 0.0313. The fourth-order valence-electron chi connectivity index (χ4n) is 3.32. The van der Waals surface area contributed by atoms with Crippen LogP contribution in [0.5, 0.6) is 0 Å². The van der Waals surface area contributed by atoms with Crippen LogP contribution in [0.15, 0.2) is 23.1 Å². The highest BCUT2D eigenvalue weighted by molar-refractivity contribution is 7.98. The average Bonchev–Trinajstić information content (AvgIpc) is 2.58. The summed E-state index contributed by atoms with van der Waals surface area (Å²) in [4.78, 5) is 23.5. The summed E-state index contributed by atoms with van der Waals surface area (Å²) in [6, 6.07) is 3.74. The molecule has 132 valence electrons. The highest BCUT2D eigenvalue weighted by Gasteiger charge is 2.29. The lowest BCUT2D eigenvalue weighted by molar-refractivity contribution is 0.330. The summed E-state index contributed by atoms with van der Waals surface area (Å²) >= 11 is 1.88. The molecule has 4 heterocycles. The number of thioether (sulfide) groups is 1. The van der Waals surface area contributed by atoms with Gasteiger partial charge in [-0.2, -0.15) is 16.9 Å². The molecule has 2 aliphatic heterocycles. The van der Waals surface area contributed by atoms with Crippen LogP contribution in [0.1, 0.15) is 36.8 Å². The van der Waals surface area contributed by atoms with E-state index in [2.05, 4.69) is 33.8 Å². The predicted octanol–water partition coefficient (Wildman–Crippen LogP) is 2.08. The zero-order chi connectivity index (χ0) is 17.4. The fourth-order valence-corrected chi connectivity index (χ4v) is 4.27. The van der Waals surface area contributed by atoms with Crippen molar-refractivity contribution in [1.29, 1.82) is 0 Å². The van der Waals surface area contributed by atoms with Crippen LogP contribution < -0.4 is 10.5 Å². The fraction of sp³-hybridized carbons (Fsp3) is 0.556. The Balaban J connectivity index is 1.42. The summed E-state index contributed by atoms with van der Waals surface area (Å²) in [5.74, 6) is 4.65. The molecule has 0 bridgehead atoms. The van der Waals surface area contributed by atoms with Crippen LogP contribution in [0.4, 0.5) is 5.82 Å². The van der Waals surface area contributed by atoms with Crippen molar-refractivity contribution in [2.45, 2.75) is 38.5 Å². The van der Waals surface area contributed by atoms with Crippen LogP contribution in [0.25, 0.3) is 0 Å². The Bertz CT molecular complexity index is 828. The van der Waals surface area contributed by atoms with Crippen molar-refractivity contribution in [2.24, 2.45) is 5.92 Å². The molecule has 2 aliphatic rings. The quantitative estimate of drug-likeness (QED) is 0.835. The first kappa shape index (κ1) is 16.6. The summed E-state index contributed by atoms with van der Waals surface area (Å²) in [5.41, 5.74) is 2.26. The minimum Gasteiger partial charge on any atom is -0.356 e. The Labute approximate surface area is 151 Å². The molecule has 0 amide bonds. The zero-order valence-electron chi connectivity index (χ0n) is 14.7. The van der Waals surface area contributed by atoms with E-state index >= 15 is 0 Å². The molecule has 0 atom stereocenters. The molecule has 1 saturated heterocycles. The van der Waals surface area contributed by atoms with Crippen LogP contribution in [-0.4, -0.2) is 38.6 Å². The Kier molecular flexibility index (Phi) is 4.50. The van der Waals surface area contributed by atoms with E-state index in [1.807, 2.05) is 24.0 Å². The summed E-state index contributed by atoms with van der Waals surface area (Å²) in [5, 5.41) is 4.62. The third-order valence-electron chi connectivity index (χ3n) is 4.79. The second kappa shape index (κ2) is 6.78. The van der Waals surface area contributed by atoms with Gasteiger partial charge in [0.25, 0.3) is 5.56 Å². The van der Waals surface area contributed by atoms with E-state index in [0.717, 1.165) is 53.9 Å². The molecule has 0 aliphatic carbocycles. The lowest BCUT2D eigenvalue weighted by atomic mass is 10.0. The average molecular weight is 357 g/mol. The molecule has 0 radical (unpaired) electrons. The van der Waals surface area contributed by atoms with Gasteiger partial charge in [0, 0.05) is 49.4 Å². The van der Waals surface area contributed by atoms with Gasteiger partial charge in [-0.25, -0.2) is 14.6 Å². The molecule has 4 rings (SSSR count). The van der Waals surface area contributed by atoms with Gasteiger partial charge < -0.3 is 4.90 Å². The SMILES string of the molecule is CC(C)c1nccc(N2CC(Cn3nc4c(cc3=O)CSCC4)C2)n1. The topological polar surface area (TPSA) is 63.9 Å². The van der Waals surface area contributed by atoms with Gasteiger partial charge in [-0.1, -0.05) is 13.8 Å². The van der Waals surface area contributed by atoms with Crippen molar-refractivity contribution in [1.82, 2.24) is 19.7 Å². The molecular formula is C18H23N5OS.